The summed E-state index contributed by atoms with van der Waals surface area (Å²) in [6.45, 7) is 1.68. The maximum atomic E-state index is 12.5. The van der Waals surface area contributed by atoms with Gasteiger partial charge in [-0.2, -0.15) is 13.2 Å². The minimum atomic E-state index is -4.53. The number of amides is 1. The number of rotatable bonds is 3. The number of hydrogen-bond donors (Lipinski definition) is 1. The van der Waals surface area contributed by atoms with Crippen molar-refractivity contribution in [1.82, 2.24) is 9.97 Å². The van der Waals surface area contributed by atoms with Crippen molar-refractivity contribution in [2.45, 2.75) is 13.1 Å². The Kier molecular flexibility index (Phi) is 4.37. The van der Waals surface area contributed by atoms with E-state index in [4.69, 9.17) is 0 Å². The van der Waals surface area contributed by atoms with Crippen molar-refractivity contribution >= 4 is 33.7 Å². The number of nitrogens with one attached hydrogen (secondary N) is 1. The third-order valence-corrected chi connectivity index (χ3v) is 4.77. The molecule has 3 aromatic rings. The van der Waals surface area contributed by atoms with Gasteiger partial charge in [0.05, 0.1) is 21.8 Å². The second-order valence-corrected chi connectivity index (χ2v) is 6.60. The fraction of sp³-hybridized carbons (Fsp3) is 0.133. The third-order valence-electron chi connectivity index (χ3n) is 3.12. The van der Waals surface area contributed by atoms with E-state index < -0.39 is 17.8 Å². The fourth-order valence-corrected chi connectivity index (χ4v) is 3.40. The van der Waals surface area contributed by atoms with Gasteiger partial charge < -0.3 is 0 Å². The molecule has 0 aromatic carbocycles. The highest BCUT2D eigenvalue weighted by Gasteiger charge is 2.34. The monoisotopic (exact) mass is 369 g/mol. The van der Waals surface area contributed by atoms with Gasteiger partial charge in [-0.15, -0.1) is 22.7 Å². The maximum Gasteiger partial charge on any atom is 0.434 e. The SMILES string of the molecule is Cc1nc(-c2cccs2)ccc1C(=O)Nc1nc(C(F)(F)F)cs1. The number of halogens is 3. The lowest BCUT2D eigenvalue weighted by Gasteiger charge is -2.06. The van der Waals surface area contributed by atoms with E-state index in [1.165, 1.54) is 11.3 Å². The van der Waals surface area contributed by atoms with Gasteiger partial charge in [-0.25, -0.2) is 4.98 Å². The average Bonchev–Trinajstić information content (AvgIpc) is 3.17. The molecular weight excluding hydrogens is 359 g/mol. The molecule has 0 aliphatic heterocycles. The van der Waals surface area contributed by atoms with Crippen molar-refractivity contribution in [1.29, 1.82) is 0 Å². The number of thiazole rings is 1. The molecule has 0 aliphatic carbocycles. The Morgan fingerprint density at radius 3 is 2.54 bits per heavy atom. The molecule has 0 atom stereocenters. The van der Waals surface area contributed by atoms with E-state index in [-0.39, 0.29) is 5.13 Å². The highest BCUT2D eigenvalue weighted by Crippen LogP contribution is 2.32. The summed E-state index contributed by atoms with van der Waals surface area (Å²) in [4.78, 5) is 21.0. The second-order valence-electron chi connectivity index (χ2n) is 4.80. The number of thiophene rings is 1. The summed E-state index contributed by atoms with van der Waals surface area (Å²) >= 11 is 2.25. The lowest BCUT2D eigenvalue weighted by Crippen LogP contribution is -2.14. The summed E-state index contributed by atoms with van der Waals surface area (Å²) in [6, 6.07) is 7.13. The number of hydrogen-bond acceptors (Lipinski definition) is 5. The second kappa shape index (κ2) is 6.33. The summed E-state index contributed by atoms with van der Waals surface area (Å²) in [5.41, 5.74) is 0.503. The van der Waals surface area contributed by atoms with Gasteiger partial charge in [-0.3, -0.25) is 15.1 Å². The Morgan fingerprint density at radius 1 is 1.17 bits per heavy atom. The van der Waals surface area contributed by atoms with Crippen LogP contribution in [0.15, 0.2) is 35.0 Å². The highest BCUT2D eigenvalue weighted by atomic mass is 32.1. The molecule has 4 nitrogen and oxygen atoms in total. The number of alkyl halides is 3. The number of anilines is 1. The molecule has 0 radical (unpaired) electrons. The Bertz CT molecular complexity index is 872. The standard InChI is InChI=1S/C15H10F3N3OS2/c1-8-9(4-5-10(19-8)11-3-2-6-23-11)13(22)21-14-20-12(7-24-14)15(16,17)18/h2-7H,1H3,(H,20,21,22). The Hall–Kier alpha value is -2.26. The summed E-state index contributed by atoms with van der Waals surface area (Å²) in [5.74, 6) is -0.541. The summed E-state index contributed by atoms with van der Waals surface area (Å²) < 4.78 is 37.6. The van der Waals surface area contributed by atoms with E-state index in [1.54, 1.807) is 19.1 Å². The molecule has 0 aliphatic rings. The molecule has 3 heterocycles. The smallest absolute Gasteiger partial charge is 0.298 e. The molecule has 0 bridgehead atoms. The first-order valence-electron chi connectivity index (χ1n) is 6.70. The molecule has 0 unspecified atom stereocenters. The number of carbonyl (C=O) groups excluding carboxylic acids is 1. The molecule has 9 heteroatoms. The van der Waals surface area contributed by atoms with Gasteiger partial charge in [0, 0.05) is 5.38 Å². The van der Waals surface area contributed by atoms with Crippen LogP contribution in [0.3, 0.4) is 0 Å². The van der Waals surface area contributed by atoms with Crippen molar-refractivity contribution in [2.24, 2.45) is 0 Å². The van der Waals surface area contributed by atoms with Crippen molar-refractivity contribution in [2.75, 3.05) is 5.32 Å². The Morgan fingerprint density at radius 2 is 1.96 bits per heavy atom. The number of nitrogens with zero attached hydrogens (tertiary/aromatic N) is 2. The van der Waals surface area contributed by atoms with Crippen molar-refractivity contribution in [3.05, 3.63) is 52.0 Å². The van der Waals surface area contributed by atoms with Crippen LogP contribution in [0.4, 0.5) is 18.3 Å². The highest BCUT2D eigenvalue weighted by molar-refractivity contribution is 7.14. The number of aryl methyl sites for hydroxylation is 1. The van der Waals surface area contributed by atoms with E-state index in [0.717, 1.165) is 27.3 Å². The molecule has 3 rings (SSSR count). The van der Waals surface area contributed by atoms with Gasteiger partial charge in [0.15, 0.2) is 10.8 Å². The van der Waals surface area contributed by atoms with Gasteiger partial charge in [-0.05, 0) is 30.5 Å². The zero-order valence-electron chi connectivity index (χ0n) is 12.2. The van der Waals surface area contributed by atoms with E-state index in [2.05, 4.69) is 15.3 Å². The Balaban J connectivity index is 1.79. The van der Waals surface area contributed by atoms with E-state index >= 15 is 0 Å². The van der Waals surface area contributed by atoms with Crippen LogP contribution in [0.1, 0.15) is 21.7 Å². The molecule has 24 heavy (non-hydrogen) atoms. The quantitative estimate of drug-likeness (QED) is 0.718. The van der Waals surface area contributed by atoms with Crippen LogP contribution < -0.4 is 5.32 Å². The van der Waals surface area contributed by atoms with Gasteiger partial charge in [-0.1, -0.05) is 6.07 Å². The van der Waals surface area contributed by atoms with E-state index in [9.17, 15) is 18.0 Å². The minimum absolute atomic E-state index is 0.103. The van der Waals surface area contributed by atoms with Crippen LogP contribution in [-0.2, 0) is 6.18 Å². The van der Waals surface area contributed by atoms with Gasteiger partial charge in [0.1, 0.15) is 0 Å². The van der Waals surface area contributed by atoms with E-state index in [1.807, 2.05) is 17.5 Å². The molecular formula is C15H10F3N3OS2. The minimum Gasteiger partial charge on any atom is -0.298 e. The van der Waals surface area contributed by atoms with Crippen molar-refractivity contribution in [3.63, 3.8) is 0 Å². The van der Waals surface area contributed by atoms with Crippen molar-refractivity contribution in [3.8, 4) is 10.6 Å². The Labute approximate surface area is 143 Å². The first-order chi connectivity index (χ1) is 11.3. The predicted octanol–water partition coefficient (Wildman–Crippen LogP) is 4.85. The zero-order chi connectivity index (χ0) is 17.3. The number of aromatic nitrogens is 2. The summed E-state index contributed by atoms with van der Waals surface area (Å²) in [7, 11) is 0. The van der Waals surface area contributed by atoms with Crippen LogP contribution in [0.2, 0.25) is 0 Å². The molecule has 0 fully saturated rings. The molecule has 1 amide bonds. The van der Waals surface area contributed by atoms with Crippen LogP contribution in [-0.4, -0.2) is 15.9 Å². The average molecular weight is 369 g/mol. The predicted molar refractivity (Wildman–Crippen MR) is 87.4 cm³/mol. The molecule has 1 N–H and O–H groups in total. The van der Waals surface area contributed by atoms with Gasteiger partial charge in [0.2, 0.25) is 0 Å². The molecule has 0 saturated carbocycles. The summed E-state index contributed by atoms with van der Waals surface area (Å²) in [5, 5.41) is 5.06. The van der Waals surface area contributed by atoms with Gasteiger partial charge >= 0.3 is 6.18 Å². The normalized spacial score (nSPS) is 11.5. The first-order valence-corrected chi connectivity index (χ1v) is 8.46. The first kappa shape index (κ1) is 16.6. The van der Waals surface area contributed by atoms with Crippen LogP contribution in [0.25, 0.3) is 10.6 Å². The number of pyridine rings is 1. The number of carbonyl (C=O) groups is 1. The lowest BCUT2D eigenvalue weighted by atomic mass is 10.1. The largest absolute Gasteiger partial charge is 0.434 e. The fourth-order valence-electron chi connectivity index (χ4n) is 1.99. The van der Waals surface area contributed by atoms with Crippen LogP contribution in [0.5, 0.6) is 0 Å². The summed E-state index contributed by atoms with van der Waals surface area (Å²) in [6.07, 6.45) is -4.53. The zero-order valence-corrected chi connectivity index (χ0v) is 13.9. The van der Waals surface area contributed by atoms with Gasteiger partial charge in [0.25, 0.3) is 5.91 Å². The van der Waals surface area contributed by atoms with Crippen molar-refractivity contribution < 1.29 is 18.0 Å². The maximum absolute atomic E-state index is 12.5. The molecule has 0 saturated heterocycles. The molecule has 124 valence electrons. The molecule has 3 aromatic heterocycles. The third kappa shape index (κ3) is 3.46. The van der Waals surface area contributed by atoms with Crippen LogP contribution in [0, 0.1) is 6.92 Å². The topological polar surface area (TPSA) is 54.9 Å². The molecule has 0 spiro atoms. The van der Waals surface area contributed by atoms with E-state index in [0.29, 0.717) is 11.3 Å². The lowest BCUT2D eigenvalue weighted by molar-refractivity contribution is -0.140. The van der Waals surface area contributed by atoms with Crippen LogP contribution >= 0.6 is 22.7 Å².